The summed E-state index contributed by atoms with van der Waals surface area (Å²) in [6.07, 6.45) is 1.14. The van der Waals surface area contributed by atoms with Gasteiger partial charge in [0, 0.05) is 12.6 Å². The van der Waals surface area contributed by atoms with Crippen molar-refractivity contribution in [1.29, 1.82) is 0 Å². The molecule has 0 heterocycles. The van der Waals surface area contributed by atoms with E-state index in [1.807, 2.05) is 18.2 Å². The molecule has 2 aromatic carbocycles. The Morgan fingerprint density at radius 1 is 1.00 bits per heavy atom. The molecule has 0 radical (unpaired) electrons. The highest BCUT2D eigenvalue weighted by molar-refractivity contribution is 6.27. The van der Waals surface area contributed by atoms with Gasteiger partial charge in [0.05, 0.1) is 13.2 Å². The average molecular weight is 377 g/mol. The molecule has 0 aliphatic rings. The zero-order valence-corrected chi connectivity index (χ0v) is 15.7. The monoisotopic (exact) mass is 377 g/mol. The molecule has 0 saturated heterocycles. The smallest absolute Gasteiger partial charge is 0.414 e. The standard InChI is InChI=1S/C18H25NO2.C2H2O4/c1-3-15(2)19-10-11-20-12-13-21-18-9-8-16-6-4-5-7-17(16)14-18;3-1(4)2(5)6/h4-9,14-15,19H,3,10-13H2,1-2H3;(H,3,4)(H,5,6). The van der Waals surface area contributed by atoms with E-state index in [1.165, 1.54) is 10.8 Å². The van der Waals surface area contributed by atoms with Gasteiger partial charge in [-0.3, -0.25) is 0 Å². The van der Waals surface area contributed by atoms with Gasteiger partial charge in [-0.15, -0.1) is 0 Å². The molecule has 1 unspecified atom stereocenters. The van der Waals surface area contributed by atoms with Crippen LogP contribution in [0.15, 0.2) is 42.5 Å². The molecule has 0 fully saturated rings. The van der Waals surface area contributed by atoms with Crippen molar-refractivity contribution < 1.29 is 29.3 Å². The van der Waals surface area contributed by atoms with Crippen LogP contribution in [0.2, 0.25) is 0 Å². The summed E-state index contributed by atoms with van der Waals surface area (Å²) in [5.74, 6) is -2.75. The molecule has 0 amide bonds. The number of nitrogens with one attached hydrogen (secondary N) is 1. The van der Waals surface area contributed by atoms with Crippen molar-refractivity contribution in [2.45, 2.75) is 26.3 Å². The van der Waals surface area contributed by atoms with Crippen LogP contribution in [0.4, 0.5) is 0 Å². The van der Waals surface area contributed by atoms with Crippen molar-refractivity contribution in [2.75, 3.05) is 26.4 Å². The van der Waals surface area contributed by atoms with Crippen LogP contribution in [0.1, 0.15) is 20.3 Å². The van der Waals surface area contributed by atoms with E-state index in [2.05, 4.69) is 43.4 Å². The van der Waals surface area contributed by atoms with Crippen LogP contribution in [0.5, 0.6) is 5.75 Å². The number of rotatable bonds is 9. The molecule has 2 aromatic rings. The number of hydrogen-bond acceptors (Lipinski definition) is 5. The number of benzene rings is 2. The largest absolute Gasteiger partial charge is 0.491 e. The zero-order chi connectivity index (χ0) is 20.1. The Morgan fingerprint density at radius 2 is 1.67 bits per heavy atom. The summed E-state index contributed by atoms with van der Waals surface area (Å²) in [5, 5.41) is 20.6. The van der Waals surface area contributed by atoms with E-state index >= 15 is 0 Å². The van der Waals surface area contributed by atoms with Crippen LogP contribution in [0, 0.1) is 0 Å². The van der Waals surface area contributed by atoms with Crippen molar-refractivity contribution in [2.24, 2.45) is 0 Å². The highest BCUT2D eigenvalue weighted by atomic mass is 16.5. The Balaban J connectivity index is 0.000000527. The van der Waals surface area contributed by atoms with Gasteiger partial charge in [-0.1, -0.05) is 37.3 Å². The first-order valence-corrected chi connectivity index (χ1v) is 8.83. The van der Waals surface area contributed by atoms with Gasteiger partial charge < -0.3 is 25.0 Å². The second-order valence-corrected chi connectivity index (χ2v) is 5.84. The van der Waals surface area contributed by atoms with Crippen LogP contribution in [-0.4, -0.2) is 54.6 Å². The average Bonchev–Trinajstić information content (AvgIpc) is 2.67. The van der Waals surface area contributed by atoms with E-state index < -0.39 is 11.9 Å². The summed E-state index contributed by atoms with van der Waals surface area (Å²) < 4.78 is 11.3. The molecular weight excluding hydrogens is 350 g/mol. The summed E-state index contributed by atoms with van der Waals surface area (Å²) in [6, 6.07) is 15.0. The molecule has 0 aliphatic carbocycles. The highest BCUT2D eigenvalue weighted by Crippen LogP contribution is 2.20. The Labute approximate surface area is 158 Å². The predicted molar refractivity (Wildman–Crippen MR) is 103 cm³/mol. The van der Waals surface area contributed by atoms with Crippen molar-refractivity contribution in [1.82, 2.24) is 5.32 Å². The van der Waals surface area contributed by atoms with Crippen LogP contribution in [-0.2, 0) is 14.3 Å². The molecule has 0 spiro atoms. The minimum atomic E-state index is -1.82. The van der Waals surface area contributed by atoms with E-state index in [0.717, 1.165) is 25.3 Å². The van der Waals surface area contributed by atoms with E-state index in [0.29, 0.717) is 19.3 Å². The SMILES string of the molecule is CCC(C)NCCOCCOc1ccc2ccccc2c1.O=C(O)C(=O)O. The second kappa shape index (κ2) is 12.7. The summed E-state index contributed by atoms with van der Waals surface area (Å²) >= 11 is 0. The van der Waals surface area contributed by atoms with Gasteiger partial charge in [0.15, 0.2) is 0 Å². The fraction of sp³-hybridized carbons (Fsp3) is 0.400. The van der Waals surface area contributed by atoms with Gasteiger partial charge in [-0.2, -0.15) is 0 Å². The molecule has 1 atom stereocenters. The summed E-state index contributed by atoms with van der Waals surface area (Å²) in [4.78, 5) is 18.2. The van der Waals surface area contributed by atoms with E-state index in [9.17, 15) is 0 Å². The summed E-state index contributed by atoms with van der Waals surface area (Å²) in [6.45, 7) is 7.19. The first-order chi connectivity index (χ1) is 12.9. The molecule has 0 aromatic heterocycles. The Kier molecular flexibility index (Phi) is 10.5. The molecule has 7 nitrogen and oxygen atoms in total. The fourth-order valence-electron chi connectivity index (χ4n) is 2.10. The van der Waals surface area contributed by atoms with Gasteiger partial charge >= 0.3 is 11.9 Å². The number of hydrogen-bond donors (Lipinski definition) is 3. The van der Waals surface area contributed by atoms with Crippen molar-refractivity contribution in [3.63, 3.8) is 0 Å². The number of aliphatic carboxylic acids is 2. The van der Waals surface area contributed by atoms with Gasteiger partial charge in [0.1, 0.15) is 12.4 Å². The normalized spacial score (nSPS) is 11.3. The number of carbonyl (C=O) groups is 2. The quantitative estimate of drug-likeness (QED) is 0.456. The Bertz CT molecular complexity index is 706. The maximum Gasteiger partial charge on any atom is 0.414 e. The molecule has 0 aliphatic heterocycles. The fourth-order valence-corrected chi connectivity index (χ4v) is 2.10. The maximum absolute atomic E-state index is 9.10. The number of fused-ring (bicyclic) bond motifs is 1. The molecule has 148 valence electrons. The third kappa shape index (κ3) is 9.58. The minimum absolute atomic E-state index is 0.558. The topological polar surface area (TPSA) is 105 Å². The third-order valence-electron chi connectivity index (χ3n) is 3.75. The Morgan fingerprint density at radius 3 is 2.30 bits per heavy atom. The molecule has 0 bridgehead atoms. The van der Waals surface area contributed by atoms with Crippen molar-refractivity contribution >= 4 is 22.7 Å². The number of carboxylic acids is 2. The van der Waals surface area contributed by atoms with E-state index in [1.54, 1.807) is 0 Å². The van der Waals surface area contributed by atoms with Gasteiger partial charge in [0.25, 0.3) is 0 Å². The first kappa shape index (κ1) is 22.4. The van der Waals surface area contributed by atoms with Crippen LogP contribution in [0.3, 0.4) is 0 Å². The minimum Gasteiger partial charge on any atom is -0.491 e. The predicted octanol–water partition coefficient (Wildman–Crippen LogP) is 2.78. The Hall–Kier alpha value is -2.64. The lowest BCUT2D eigenvalue weighted by molar-refractivity contribution is -0.159. The van der Waals surface area contributed by atoms with E-state index in [-0.39, 0.29) is 0 Å². The molecule has 2 rings (SSSR count). The summed E-state index contributed by atoms with van der Waals surface area (Å²) in [5.41, 5.74) is 0. The second-order valence-electron chi connectivity index (χ2n) is 5.84. The van der Waals surface area contributed by atoms with Crippen LogP contribution in [0.25, 0.3) is 10.8 Å². The molecular formula is C20H27NO6. The third-order valence-corrected chi connectivity index (χ3v) is 3.75. The van der Waals surface area contributed by atoms with Crippen molar-refractivity contribution in [3.8, 4) is 5.75 Å². The maximum atomic E-state index is 9.10. The lowest BCUT2D eigenvalue weighted by atomic mass is 10.1. The van der Waals surface area contributed by atoms with Gasteiger partial charge in [-0.25, -0.2) is 9.59 Å². The zero-order valence-electron chi connectivity index (χ0n) is 15.7. The number of carboxylic acid groups (broad SMARTS) is 2. The van der Waals surface area contributed by atoms with Crippen LogP contribution >= 0.6 is 0 Å². The van der Waals surface area contributed by atoms with Gasteiger partial charge in [0.2, 0.25) is 0 Å². The highest BCUT2D eigenvalue weighted by Gasteiger charge is 2.04. The molecule has 7 heteroatoms. The number of ether oxygens (including phenoxy) is 2. The van der Waals surface area contributed by atoms with Crippen molar-refractivity contribution in [3.05, 3.63) is 42.5 Å². The molecule has 3 N–H and O–H groups in total. The molecule has 27 heavy (non-hydrogen) atoms. The summed E-state index contributed by atoms with van der Waals surface area (Å²) in [7, 11) is 0. The lowest BCUT2D eigenvalue weighted by Crippen LogP contribution is -2.29. The lowest BCUT2D eigenvalue weighted by Gasteiger charge is -2.11. The van der Waals surface area contributed by atoms with E-state index in [4.69, 9.17) is 29.3 Å². The molecule has 0 saturated carbocycles. The van der Waals surface area contributed by atoms with Crippen LogP contribution < -0.4 is 10.1 Å². The van der Waals surface area contributed by atoms with Gasteiger partial charge in [-0.05, 0) is 36.2 Å². The first-order valence-electron chi connectivity index (χ1n) is 8.83.